The molecule has 24 aromatic rings. The van der Waals surface area contributed by atoms with Gasteiger partial charge in [0, 0.05) is 151 Å². The molecule has 0 aliphatic rings. The van der Waals surface area contributed by atoms with Gasteiger partial charge in [0.15, 0.2) is 0 Å². The van der Waals surface area contributed by atoms with E-state index >= 15 is 0 Å². The van der Waals surface area contributed by atoms with E-state index in [0.29, 0.717) is 17.8 Å². The largest absolute Gasteiger partial charge is 0.501 e. The summed E-state index contributed by atoms with van der Waals surface area (Å²) < 4.78 is 24.1. The number of benzene rings is 12. The summed E-state index contributed by atoms with van der Waals surface area (Å²) in [6.45, 7) is 25.4. The number of hydrogen-bond acceptors (Lipinski definition) is 12. The normalized spacial score (nSPS) is 10.6. The van der Waals surface area contributed by atoms with E-state index in [1.54, 1.807) is 24.8 Å². The topological polar surface area (TPSA) is 156 Å². The third-order valence-corrected chi connectivity index (χ3v) is 23.6. The van der Waals surface area contributed by atoms with Crippen LogP contribution in [0.15, 0.2) is 401 Å². The van der Waals surface area contributed by atoms with E-state index in [2.05, 4.69) is 279 Å². The molecule has 0 N–H and O–H groups in total. The Balaban J connectivity index is 0.000000137. The van der Waals surface area contributed by atoms with Crippen LogP contribution < -0.4 is 0 Å². The van der Waals surface area contributed by atoms with Gasteiger partial charge in [0.1, 0.15) is 22.3 Å². The molecule has 0 fully saturated rings. The Labute approximate surface area is 890 Å². The van der Waals surface area contributed by atoms with Crippen molar-refractivity contribution >= 4 is 87.8 Å². The van der Waals surface area contributed by atoms with Crippen LogP contribution in [0.2, 0.25) is 0 Å². The summed E-state index contributed by atoms with van der Waals surface area (Å²) in [4.78, 5) is 35.1. The molecule has 0 saturated heterocycles. The summed E-state index contributed by atoms with van der Waals surface area (Å²) in [5.74, 6) is 1.66. The molecule has 718 valence electrons. The maximum Gasteiger partial charge on any atom is 0.121 e. The van der Waals surface area contributed by atoms with E-state index in [1.807, 2.05) is 251 Å². The first-order valence-electron chi connectivity index (χ1n) is 46.6. The second-order valence-corrected chi connectivity index (χ2v) is 34.8. The minimum Gasteiger partial charge on any atom is -0.501 e. The Morgan fingerprint density at radius 1 is 0.231 bits per heavy atom. The summed E-state index contributed by atoms with van der Waals surface area (Å²) in [6.07, 6.45) is 12.7. The average molecular weight is 2570 g/mol. The van der Waals surface area contributed by atoms with E-state index in [0.717, 1.165) is 189 Å². The summed E-state index contributed by atoms with van der Waals surface area (Å²) in [7, 11) is 0. The van der Waals surface area contributed by atoms with Gasteiger partial charge in [0.05, 0.1) is 22.3 Å². The van der Waals surface area contributed by atoms with Crippen LogP contribution in [-0.4, -0.2) is 39.9 Å². The first-order valence-corrected chi connectivity index (χ1v) is 46.6. The van der Waals surface area contributed by atoms with Crippen molar-refractivity contribution in [2.45, 2.75) is 101 Å². The fourth-order valence-electron chi connectivity index (χ4n) is 16.0. The summed E-state index contributed by atoms with van der Waals surface area (Å²) in [5, 5.41) is 8.96. The van der Waals surface area contributed by atoms with Gasteiger partial charge < -0.3 is 57.5 Å². The molecular weight excluding hydrogens is 2470 g/mol. The molecule has 12 aromatic heterocycles. The minimum absolute atomic E-state index is 0. The fourth-order valence-corrected chi connectivity index (χ4v) is 16.0. The number of rotatable bonds is 11. The molecule has 0 aliphatic heterocycles. The van der Waals surface area contributed by atoms with E-state index < -0.39 is 0 Å². The van der Waals surface area contributed by atoms with Crippen LogP contribution >= 0.6 is 0 Å². The van der Waals surface area contributed by atoms with Crippen molar-refractivity contribution in [1.82, 2.24) is 39.9 Å². The molecule has 24 rings (SSSR count). The molecule has 12 heterocycles. The van der Waals surface area contributed by atoms with Gasteiger partial charge in [-0.15, -0.1) is 214 Å². The maximum absolute atomic E-state index is 6.05. The number of nitrogens with zero attached hydrogens (tertiary/aromatic N) is 8. The molecule has 12 aromatic carbocycles. The fraction of sp³-hybridized carbons (Fsp3) is 0.118. The van der Waals surface area contributed by atoms with Crippen LogP contribution in [0.5, 0.6) is 0 Å². The monoisotopic (exact) mass is 2570 g/mol. The number of hydrogen-bond donors (Lipinski definition) is 0. The van der Waals surface area contributed by atoms with Gasteiger partial charge in [-0.3, -0.25) is 0 Å². The van der Waals surface area contributed by atoms with Crippen LogP contribution in [-0.2, 0) is 80.4 Å². The molecule has 0 amide bonds. The predicted molar refractivity (Wildman–Crippen MR) is 568 cm³/mol. The predicted octanol–water partition coefficient (Wildman–Crippen LogP) is 33.2. The van der Waals surface area contributed by atoms with E-state index in [4.69, 9.17) is 17.7 Å². The smallest absolute Gasteiger partial charge is 0.121 e. The number of aryl methyl sites for hydroxylation is 6. The Morgan fingerprint density at radius 2 is 0.587 bits per heavy atom. The maximum atomic E-state index is 6.05. The molecule has 0 atom stereocenters. The molecule has 0 bridgehead atoms. The van der Waals surface area contributed by atoms with Gasteiger partial charge in [0.2, 0.25) is 0 Å². The number of para-hydroxylation sites is 3. The molecule has 0 saturated carbocycles. The third-order valence-electron chi connectivity index (χ3n) is 23.6. The van der Waals surface area contributed by atoms with Crippen LogP contribution in [0, 0.1) is 90.1 Å². The number of pyridine rings is 8. The number of furan rings is 4. The second kappa shape index (κ2) is 50.8. The van der Waals surface area contributed by atoms with Crippen molar-refractivity contribution in [3.8, 4) is 90.1 Å². The Hall–Kier alpha value is -14.4. The van der Waals surface area contributed by atoms with Crippen molar-refractivity contribution in [3.63, 3.8) is 0 Å². The van der Waals surface area contributed by atoms with Crippen LogP contribution in [0.25, 0.3) is 178 Å². The van der Waals surface area contributed by atoms with Gasteiger partial charge in [0.25, 0.3) is 0 Å². The van der Waals surface area contributed by atoms with Crippen LogP contribution in [0.1, 0.15) is 109 Å². The first-order chi connectivity index (χ1) is 67.9. The molecule has 0 unspecified atom stereocenters. The third kappa shape index (κ3) is 26.3. The van der Waals surface area contributed by atoms with E-state index in [9.17, 15) is 0 Å². The van der Waals surface area contributed by atoms with Gasteiger partial charge >= 0.3 is 0 Å². The number of fused-ring (bicyclic) bond motifs is 12. The Morgan fingerprint density at radius 3 is 0.972 bits per heavy atom. The van der Waals surface area contributed by atoms with Gasteiger partial charge in [-0.25, -0.2) is 0 Å². The summed E-state index contributed by atoms with van der Waals surface area (Å²) >= 11 is 0. The zero-order valence-corrected chi connectivity index (χ0v) is 90.7. The average Bonchev–Trinajstić information content (AvgIpc) is 1.63. The SMILES string of the molecule is CC(C)c1c[c-]c(-c2ccccn2)cc1.CC(C)c1c[c-]c(-c2ccccn2)cc1.CC(C)c1c[c-]c(-c2ccccn2)cc1.Cc1c[c-]c(-c2ncccc2C)cc1.Cc1ccc(-c2[c-]ccc3c2oc2ccccc23)nc1.Cc1ccc2c(c1)oc1c(-c3ccccn3)[c-]ccc12.Cc1cccc(-c2[c-]ccc3c2oc2ccccc23)n1.Cc1ccnc(-c2[c-]ccc3c2oc2ccccc23)c1.[Ir].[Ir].[Ir].[Ir]. The molecular formula is C127H102Ir4N8O4-8. The van der Waals surface area contributed by atoms with Crippen LogP contribution in [0.3, 0.4) is 0 Å². The summed E-state index contributed by atoms with van der Waals surface area (Å²) in [6, 6.07) is 139. The molecule has 4 radical (unpaired) electrons. The molecule has 0 spiro atoms. The van der Waals surface area contributed by atoms with Crippen molar-refractivity contribution in [2.24, 2.45) is 0 Å². The van der Waals surface area contributed by atoms with E-state index in [1.165, 1.54) is 38.9 Å². The van der Waals surface area contributed by atoms with Crippen molar-refractivity contribution in [2.75, 3.05) is 0 Å². The number of aromatic nitrogens is 8. The van der Waals surface area contributed by atoms with Gasteiger partial charge in [-0.1, -0.05) is 273 Å². The van der Waals surface area contributed by atoms with Crippen LogP contribution in [0.4, 0.5) is 0 Å². The first kappa shape index (κ1) is 106. The summed E-state index contributed by atoms with van der Waals surface area (Å²) in [5.41, 5.74) is 33.3. The van der Waals surface area contributed by atoms with E-state index in [-0.39, 0.29) is 80.4 Å². The molecule has 12 nitrogen and oxygen atoms in total. The Kier molecular flexibility index (Phi) is 37.7. The molecule has 16 heteroatoms. The molecule has 143 heavy (non-hydrogen) atoms. The quantitative estimate of drug-likeness (QED) is 0.113. The van der Waals surface area contributed by atoms with Gasteiger partial charge in [-0.2, -0.15) is 0 Å². The van der Waals surface area contributed by atoms with Crippen molar-refractivity contribution in [3.05, 3.63) is 482 Å². The standard InChI is InChI=1S/4C18H12NO.3C14H14N.C13H12N.4Ir/c1-12-6-4-10-16(19-12)15-9-5-8-14-13-7-2-3-11-17(13)20-18(14)15;1-12-8-9-13-14-5-4-6-15(16-7-2-3-10-19-16)18(14)20-17(13)11-12;1-12-9-10-19-16(11-12)15-7-4-6-14-13-5-2-3-8-17(13)20-18(14)15;1-12-9-10-16(19-11-12)15-7-4-6-14-13-5-2-3-8-17(13)20-18(14)15;3*1-11(2)12-6-8-13(9-7-12)14-5-3-4-10-15-14;1-10-5-7-12(8-6-10)13-11(2)4-3-9-14-13;;;;/h2-8,10-11H,1H3;2-5,7-11H,1H3;2*2-6,8-11H,1H3;3*3-8,10-11H,1-2H3;3-7,9H,1-2H3;;;;/q8*-1;;;;. The Bertz CT molecular complexity index is 7840. The van der Waals surface area contributed by atoms with Gasteiger partial charge in [-0.05, 0) is 158 Å². The second-order valence-electron chi connectivity index (χ2n) is 34.8. The van der Waals surface area contributed by atoms with Crippen molar-refractivity contribution in [1.29, 1.82) is 0 Å². The molecule has 0 aliphatic carbocycles. The zero-order chi connectivity index (χ0) is 96.1. The zero-order valence-electron chi connectivity index (χ0n) is 81.1. The minimum atomic E-state index is 0. The van der Waals surface area contributed by atoms with Crippen molar-refractivity contribution < 1.29 is 98.1 Å².